The Kier molecular flexibility index (Phi) is 5.50. The zero-order chi connectivity index (χ0) is 19.3. The molecule has 0 saturated carbocycles. The van der Waals surface area contributed by atoms with Crippen LogP contribution in [0.2, 0.25) is 0 Å². The number of hydrogen-bond acceptors (Lipinski definition) is 4. The van der Waals surface area contributed by atoms with E-state index in [4.69, 9.17) is 0 Å². The van der Waals surface area contributed by atoms with Gasteiger partial charge in [0.25, 0.3) is 5.91 Å². The molecule has 3 rings (SSSR count). The van der Waals surface area contributed by atoms with E-state index in [2.05, 4.69) is 41.4 Å². The highest BCUT2D eigenvalue weighted by Crippen LogP contribution is 2.23. The third-order valence-electron chi connectivity index (χ3n) is 4.22. The van der Waals surface area contributed by atoms with E-state index in [1.807, 2.05) is 48.7 Å². The Morgan fingerprint density at radius 3 is 2.30 bits per heavy atom. The second-order valence-corrected chi connectivity index (χ2v) is 7.43. The molecule has 27 heavy (non-hydrogen) atoms. The summed E-state index contributed by atoms with van der Waals surface area (Å²) in [4.78, 5) is 20.7. The number of nitrogens with zero attached hydrogens (tertiary/aromatic N) is 2. The molecule has 0 aliphatic heterocycles. The van der Waals surface area contributed by atoms with Gasteiger partial charge in [-0.3, -0.25) is 9.78 Å². The van der Waals surface area contributed by atoms with Crippen molar-refractivity contribution in [3.8, 4) is 0 Å². The Morgan fingerprint density at radius 2 is 1.70 bits per heavy atom. The molecule has 0 unspecified atom stereocenters. The van der Waals surface area contributed by atoms with E-state index in [0.29, 0.717) is 12.2 Å². The summed E-state index contributed by atoms with van der Waals surface area (Å²) in [6, 6.07) is 15.4. The highest BCUT2D eigenvalue weighted by atomic mass is 16.1. The summed E-state index contributed by atoms with van der Waals surface area (Å²) < 4.78 is 0. The Hall–Kier alpha value is -3.21. The molecule has 2 aromatic heterocycles. The third kappa shape index (κ3) is 5.14. The van der Waals surface area contributed by atoms with Crippen LogP contribution in [0.25, 0.3) is 0 Å². The Balaban J connectivity index is 1.58. The number of pyridine rings is 2. The monoisotopic (exact) mass is 360 g/mol. The lowest BCUT2D eigenvalue weighted by atomic mass is 9.87. The number of amides is 1. The lowest BCUT2D eigenvalue weighted by Crippen LogP contribution is -2.15. The average molecular weight is 360 g/mol. The number of aromatic nitrogens is 2. The van der Waals surface area contributed by atoms with Crippen molar-refractivity contribution < 1.29 is 4.79 Å². The standard InChI is InChI=1S/C22H24N4O/c1-22(2,3)17-6-8-18(9-7-17)26-21(27)20-11-10-19(15-25-20)24-14-16-5-4-12-23-13-16/h4-13,15,24H,14H2,1-3H3,(H,26,27). The van der Waals surface area contributed by atoms with E-state index >= 15 is 0 Å². The fraction of sp³-hybridized carbons (Fsp3) is 0.227. The number of hydrogen-bond donors (Lipinski definition) is 2. The maximum atomic E-state index is 12.4. The second-order valence-electron chi connectivity index (χ2n) is 7.43. The van der Waals surface area contributed by atoms with Gasteiger partial charge in [-0.05, 0) is 46.9 Å². The fourth-order valence-electron chi connectivity index (χ4n) is 2.59. The quantitative estimate of drug-likeness (QED) is 0.696. The molecule has 2 heterocycles. The summed E-state index contributed by atoms with van der Waals surface area (Å²) in [7, 11) is 0. The summed E-state index contributed by atoms with van der Waals surface area (Å²) >= 11 is 0. The minimum Gasteiger partial charge on any atom is -0.380 e. The van der Waals surface area contributed by atoms with E-state index in [1.165, 1.54) is 5.56 Å². The van der Waals surface area contributed by atoms with E-state index in [-0.39, 0.29) is 11.3 Å². The summed E-state index contributed by atoms with van der Waals surface area (Å²) in [5.41, 5.74) is 4.38. The van der Waals surface area contributed by atoms with Crippen LogP contribution in [0.5, 0.6) is 0 Å². The van der Waals surface area contributed by atoms with E-state index in [0.717, 1.165) is 16.9 Å². The van der Waals surface area contributed by atoms with Crippen molar-refractivity contribution in [1.29, 1.82) is 0 Å². The molecule has 1 amide bonds. The van der Waals surface area contributed by atoms with Crippen LogP contribution in [0.3, 0.4) is 0 Å². The van der Waals surface area contributed by atoms with Gasteiger partial charge < -0.3 is 10.6 Å². The topological polar surface area (TPSA) is 66.9 Å². The van der Waals surface area contributed by atoms with Crippen LogP contribution < -0.4 is 10.6 Å². The molecule has 138 valence electrons. The SMILES string of the molecule is CC(C)(C)c1ccc(NC(=O)c2ccc(NCc3cccnc3)cn2)cc1. The Bertz CT molecular complexity index is 882. The molecular weight excluding hydrogens is 336 g/mol. The molecule has 0 fully saturated rings. The fourth-order valence-corrected chi connectivity index (χ4v) is 2.59. The minimum atomic E-state index is -0.225. The lowest BCUT2D eigenvalue weighted by Gasteiger charge is -2.19. The summed E-state index contributed by atoms with van der Waals surface area (Å²) in [6.07, 6.45) is 5.22. The van der Waals surface area contributed by atoms with Crippen molar-refractivity contribution >= 4 is 17.3 Å². The van der Waals surface area contributed by atoms with E-state index in [1.54, 1.807) is 18.5 Å². The molecular formula is C22H24N4O. The zero-order valence-electron chi connectivity index (χ0n) is 15.9. The molecule has 0 atom stereocenters. The van der Waals surface area contributed by atoms with Crippen molar-refractivity contribution in [1.82, 2.24) is 9.97 Å². The van der Waals surface area contributed by atoms with Gasteiger partial charge in [-0.25, -0.2) is 4.98 Å². The van der Waals surface area contributed by atoms with Gasteiger partial charge in [-0.15, -0.1) is 0 Å². The van der Waals surface area contributed by atoms with E-state index in [9.17, 15) is 4.79 Å². The molecule has 0 aliphatic carbocycles. The molecule has 5 heteroatoms. The van der Waals surface area contributed by atoms with Gasteiger partial charge >= 0.3 is 0 Å². The van der Waals surface area contributed by atoms with Crippen molar-refractivity contribution in [3.63, 3.8) is 0 Å². The van der Waals surface area contributed by atoms with Crippen LogP contribution in [-0.2, 0) is 12.0 Å². The summed E-state index contributed by atoms with van der Waals surface area (Å²) in [6.45, 7) is 7.14. The molecule has 0 radical (unpaired) electrons. The highest BCUT2D eigenvalue weighted by molar-refractivity contribution is 6.02. The van der Waals surface area contributed by atoms with Crippen LogP contribution >= 0.6 is 0 Å². The van der Waals surface area contributed by atoms with Crippen LogP contribution in [0.15, 0.2) is 67.1 Å². The van der Waals surface area contributed by atoms with Crippen LogP contribution in [-0.4, -0.2) is 15.9 Å². The van der Waals surface area contributed by atoms with Gasteiger partial charge in [-0.2, -0.15) is 0 Å². The second kappa shape index (κ2) is 7.99. The maximum absolute atomic E-state index is 12.4. The maximum Gasteiger partial charge on any atom is 0.274 e. The van der Waals surface area contributed by atoms with Crippen molar-refractivity contribution in [2.24, 2.45) is 0 Å². The van der Waals surface area contributed by atoms with Gasteiger partial charge in [0.05, 0.1) is 11.9 Å². The molecule has 0 spiro atoms. The molecule has 0 bridgehead atoms. The van der Waals surface area contributed by atoms with Crippen molar-refractivity contribution in [3.05, 3.63) is 83.9 Å². The molecule has 1 aromatic carbocycles. The molecule has 3 aromatic rings. The molecule has 5 nitrogen and oxygen atoms in total. The Labute approximate surface area is 159 Å². The zero-order valence-corrected chi connectivity index (χ0v) is 15.9. The number of anilines is 2. The molecule has 0 saturated heterocycles. The normalized spacial score (nSPS) is 11.1. The lowest BCUT2D eigenvalue weighted by molar-refractivity contribution is 0.102. The van der Waals surface area contributed by atoms with Gasteiger partial charge in [0.2, 0.25) is 0 Å². The number of benzene rings is 1. The first kappa shape index (κ1) is 18.6. The molecule has 0 aliphatic rings. The average Bonchev–Trinajstić information content (AvgIpc) is 2.67. The smallest absolute Gasteiger partial charge is 0.274 e. The number of carbonyl (C=O) groups is 1. The van der Waals surface area contributed by atoms with Crippen molar-refractivity contribution in [2.45, 2.75) is 32.7 Å². The Morgan fingerprint density at radius 1 is 0.963 bits per heavy atom. The van der Waals surface area contributed by atoms with Crippen molar-refractivity contribution in [2.75, 3.05) is 10.6 Å². The van der Waals surface area contributed by atoms with Gasteiger partial charge in [0.15, 0.2) is 0 Å². The summed E-state index contributed by atoms with van der Waals surface area (Å²) in [5.74, 6) is -0.225. The van der Waals surface area contributed by atoms with E-state index < -0.39 is 0 Å². The number of carbonyl (C=O) groups excluding carboxylic acids is 1. The largest absolute Gasteiger partial charge is 0.380 e. The minimum absolute atomic E-state index is 0.0860. The van der Waals surface area contributed by atoms with Gasteiger partial charge in [-0.1, -0.05) is 39.0 Å². The first-order valence-corrected chi connectivity index (χ1v) is 8.92. The van der Waals surface area contributed by atoms with Crippen LogP contribution in [0.4, 0.5) is 11.4 Å². The predicted octanol–water partition coefficient (Wildman–Crippen LogP) is 4.64. The number of nitrogens with one attached hydrogen (secondary N) is 2. The number of rotatable bonds is 5. The third-order valence-corrected chi connectivity index (χ3v) is 4.22. The van der Waals surface area contributed by atoms with Gasteiger partial charge in [0, 0.05) is 24.6 Å². The van der Waals surface area contributed by atoms with Crippen LogP contribution in [0.1, 0.15) is 42.4 Å². The summed E-state index contributed by atoms with van der Waals surface area (Å²) in [5, 5.41) is 6.15. The first-order chi connectivity index (χ1) is 12.9. The first-order valence-electron chi connectivity index (χ1n) is 8.92. The highest BCUT2D eigenvalue weighted by Gasteiger charge is 2.13. The van der Waals surface area contributed by atoms with Gasteiger partial charge in [0.1, 0.15) is 5.69 Å². The predicted molar refractivity (Wildman–Crippen MR) is 109 cm³/mol. The van der Waals surface area contributed by atoms with Crippen LogP contribution in [0, 0.1) is 0 Å². The molecule has 2 N–H and O–H groups in total.